The van der Waals surface area contributed by atoms with Gasteiger partial charge in [-0.1, -0.05) is 6.42 Å². The van der Waals surface area contributed by atoms with E-state index < -0.39 is 0 Å². The van der Waals surface area contributed by atoms with Crippen LogP contribution in [0.15, 0.2) is 4.99 Å². The van der Waals surface area contributed by atoms with Gasteiger partial charge in [0, 0.05) is 47.6 Å². The number of methoxy groups -OCH3 is 2. The lowest BCUT2D eigenvalue weighted by atomic mass is 9.67. The number of nitrogens with zero attached hydrogens (tertiary/aromatic N) is 1. The smallest absolute Gasteiger partial charge is 0.190 e. The summed E-state index contributed by atoms with van der Waals surface area (Å²) >= 11 is 0. The predicted molar refractivity (Wildman–Crippen MR) is 89.5 cm³/mol. The lowest BCUT2D eigenvalue weighted by Crippen LogP contribution is -2.47. The van der Waals surface area contributed by atoms with Crippen LogP contribution in [0, 0.1) is 5.41 Å². The predicted octanol–water partition coefficient (Wildman–Crippen LogP) is 1.41. The Morgan fingerprint density at radius 1 is 1.05 bits per heavy atom. The van der Waals surface area contributed by atoms with Gasteiger partial charge in [0.2, 0.25) is 0 Å². The Bertz CT molecular complexity index is 307. The van der Waals surface area contributed by atoms with E-state index in [2.05, 4.69) is 15.6 Å². The minimum atomic E-state index is 0.400. The third-order valence-corrected chi connectivity index (χ3v) is 4.29. The molecule has 1 aliphatic rings. The molecule has 2 N–H and O–H groups in total. The first-order valence-electron chi connectivity index (χ1n) is 8.26. The SMILES string of the molecule is CN=C(NCCCOCCOC)NCC1(CCOC)CCC1. The highest BCUT2D eigenvalue weighted by atomic mass is 16.5. The highest BCUT2D eigenvalue weighted by molar-refractivity contribution is 5.79. The van der Waals surface area contributed by atoms with Gasteiger partial charge in [0.15, 0.2) is 5.96 Å². The molecule has 1 saturated carbocycles. The topological polar surface area (TPSA) is 64.1 Å². The molecule has 6 nitrogen and oxygen atoms in total. The highest BCUT2D eigenvalue weighted by Crippen LogP contribution is 2.43. The van der Waals surface area contributed by atoms with E-state index >= 15 is 0 Å². The summed E-state index contributed by atoms with van der Waals surface area (Å²) in [7, 11) is 5.27. The van der Waals surface area contributed by atoms with E-state index in [4.69, 9.17) is 14.2 Å². The van der Waals surface area contributed by atoms with Crippen molar-refractivity contribution in [1.29, 1.82) is 0 Å². The van der Waals surface area contributed by atoms with Gasteiger partial charge in [0.25, 0.3) is 0 Å². The van der Waals surface area contributed by atoms with E-state index in [0.29, 0.717) is 18.6 Å². The number of guanidine groups is 1. The summed E-state index contributed by atoms with van der Waals surface area (Å²) in [5.41, 5.74) is 0.400. The van der Waals surface area contributed by atoms with Crippen LogP contribution in [0.2, 0.25) is 0 Å². The third-order valence-electron chi connectivity index (χ3n) is 4.29. The van der Waals surface area contributed by atoms with Crippen LogP contribution in [0.4, 0.5) is 0 Å². The first-order chi connectivity index (χ1) is 10.8. The molecule has 130 valence electrons. The molecule has 1 rings (SSSR count). The maximum atomic E-state index is 5.44. The largest absolute Gasteiger partial charge is 0.385 e. The Hall–Kier alpha value is -0.850. The molecule has 0 bridgehead atoms. The zero-order valence-electron chi connectivity index (χ0n) is 14.5. The summed E-state index contributed by atoms with van der Waals surface area (Å²) in [5, 5.41) is 6.79. The van der Waals surface area contributed by atoms with Crippen molar-refractivity contribution in [3.63, 3.8) is 0 Å². The summed E-state index contributed by atoms with van der Waals surface area (Å²) in [4.78, 5) is 4.28. The van der Waals surface area contributed by atoms with E-state index in [1.165, 1.54) is 19.3 Å². The fourth-order valence-corrected chi connectivity index (χ4v) is 2.63. The monoisotopic (exact) mass is 315 g/mol. The van der Waals surface area contributed by atoms with Crippen LogP contribution in [0.25, 0.3) is 0 Å². The molecule has 1 fully saturated rings. The summed E-state index contributed by atoms with van der Waals surface area (Å²) in [6, 6.07) is 0. The molecule has 0 aromatic carbocycles. The Morgan fingerprint density at radius 3 is 2.41 bits per heavy atom. The molecule has 0 aromatic rings. The molecule has 0 atom stereocenters. The Labute approximate surface area is 135 Å². The van der Waals surface area contributed by atoms with Crippen molar-refractivity contribution in [3.05, 3.63) is 0 Å². The summed E-state index contributed by atoms with van der Waals surface area (Å²) in [6.45, 7) is 4.72. The molecule has 0 heterocycles. The number of hydrogen-bond acceptors (Lipinski definition) is 4. The summed E-state index contributed by atoms with van der Waals surface area (Å²) in [5.74, 6) is 0.876. The van der Waals surface area contributed by atoms with E-state index in [-0.39, 0.29) is 0 Å². The zero-order chi connectivity index (χ0) is 16.1. The Morgan fingerprint density at radius 2 is 1.82 bits per heavy atom. The Balaban J connectivity index is 2.11. The number of rotatable bonds is 12. The molecule has 0 radical (unpaired) electrons. The second-order valence-electron chi connectivity index (χ2n) is 5.91. The van der Waals surface area contributed by atoms with Crippen LogP contribution < -0.4 is 10.6 Å². The van der Waals surface area contributed by atoms with Gasteiger partial charge in [-0.05, 0) is 31.1 Å². The molecule has 0 aliphatic heterocycles. The minimum Gasteiger partial charge on any atom is -0.385 e. The van der Waals surface area contributed by atoms with E-state index in [1.807, 2.05) is 7.05 Å². The average molecular weight is 315 g/mol. The fraction of sp³-hybridized carbons (Fsp3) is 0.938. The van der Waals surface area contributed by atoms with Gasteiger partial charge in [-0.3, -0.25) is 4.99 Å². The molecule has 0 unspecified atom stereocenters. The molecule has 22 heavy (non-hydrogen) atoms. The van der Waals surface area contributed by atoms with Crippen LogP contribution in [0.5, 0.6) is 0 Å². The van der Waals surface area contributed by atoms with Gasteiger partial charge in [0.1, 0.15) is 0 Å². The quantitative estimate of drug-likeness (QED) is 0.324. The van der Waals surface area contributed by atoms with Crippen LogP contribution in [0.1, 0.15) is 32.1 Å². The first-order valence-corrected chi connectivity index (χ1v) is 8.26. The minimum absolute atomic E-state index is 0.400. The standard InChI is InChI=1S/C16H33N3O3/c1-17-15(18-9-5-10-22-13-12-21-3)19-14-16(6-4-7-16)8-11-20-2/h4-14H2,1-3H3,(H2,17,18,19). The van der Waals surface area contributed by atoms with Gasteiger partial charge in [-0.2, -0.15) is 0 Å². The summed E-state index contributed by atoms with van der Waals surface area (Å²) < 4.78 is 15.6. The average Bonchev–Trinajstić information content (AvgIpc) is 2.50. The fourth-order valence-electron chi connectivity index (χ4n) is 2.63. The molecule has 6 heteroatoms. The van der Waals surface area contributed by atoms with E-state index in [1.54, 1.807) is 14.2 Å². The van der Waals surface area contributed by atoms with Gasteiger partial charge < -0.3 is 24.8 Å². The maximum Gasteiger partial charge on any atom is 0.190 e. The highest BCUT2D eigenvalue weighted by Gasteiger charge is 2.36. The first kappa shape index (κ1) is 19.2. The molecule has 0 amide bonds. The second kappa shape index (κ2) is 11.7. The molecule has 1 aliphatic carbocycles. The summed E-state index contributed by atoms with van der Waals surface area (Å²) in [6.07, 6.45) is 5.98. The van der Waals surface area contributed by atoms with Gasteiger partial charge in [-0.25, -0.2) is 0 Å². The van der Waals surface area contributed by atoms with Crippen molar-refractivity contribution < 1.29 is 14.2 Å². The third kappa shape index (κ3) is 7.42. The number of hydrogen-bond donors (Lipinski definition) is 2. The lowest BCUT2D eigenvalue weighted by molar-refractivity contribution is 0.0696. The lowest BCUT2D eigenvalue weighted by Gasteiger charge is -2.42. The van der Waals surface area contributed by atoms with E-state index in [9.17, 15) is 0 Å². The number of aliphatic imine (C=N–C) groups is 1. The van der Waals surface area contributed by atoms with Gasteiger partial charge in [0.05, 0.1) is 13.2 Å². The van der Waals surface area contributed by atoms with Crippen LogP contribution in [-0.4, -0.2) is 66.7 Å². The van der Waals surface area contributed by atoms with Crippen molar-refractivity contribution in [2.75, 3.05) is 60.8 Å². The zero-order valence-corrected chi connectivity index (χ0v) is 14.5. The normalized spacial score (nSPS) is 17.1. The van der Waals surface area contributed by atoms with Gasteiger partial charge >= 0.3 is 0 Å². The molecular formula is C16H33N3O3. The number of nitrogens with one attached hydrogen (secondary N) is 2. The number of ether oxygens (including phenoxy) is 3. The maximum absolute atomic E-state index is 5.44. The van der Waals surface area contributed by atoms with Crippen LogP contribution >= 0.6 is 0 Å². The Kier molecular flexibility index (Phi) is 10.2. The molecule has 0 aromatic heterocycles. The van der Waals surface area contributed by atoms with Crippen LogP contribution in [0.3, 0.4) is 0 Å². The van der Waals surface area contributed by atoms with Crippen molar-refractivity contribution in [2.24, 2.45) is 10.4 Å². The van der Waals surface area contributed by atoms with Crippen LogP contribution in [-0.2, 0) is 14.2 Å². The van der Waals surface area contributed by atoms with Crippen molar-refractivity contribution in [1.82, 2.24) is 10.6 Å². The van der Waals surface area contributed by atoms with Crippen molar-refractivity contribution in [3.8, 4) is 0 Å². The van der Waals surface area contributed by atoms with Crippen molar-refractivity contribution in [2.45, 2.75) is 32.1 Å². The van der Waals surface area contributed by atoms with E-state index in [0.717, 1.165) is 45.1 Å². The molecule has 0 saturated heterocycles. The molecule has 0 spiro atoms. The second-order valence-corrected chi connectivity index (χ2v) is 5.91. The molecular weight excluding hydrogens is 282 g/mol. The van der Waals surface area contributed by atoms with Crippen molar-refractivity contribution >= 4 is 5.96 Å². The van der Waals surface area contributed by atoms with Gasteiger partial charge in [-0.15, -0.1) is 0 Å².